The molecule has 6 atom stereocenters. The zero-order valence-electron chi connectivity index (χ0n) is 16.9. The van der Waals surface area contributed by atoms with Gasteiger partial charge < -0.3 is 20.1 Å². The summed E-state index contributed by atoms with van der Waals surface area (Å²) in [5, 5.41) is 28.4. The van der Waals surface area contributed by atoms with E-state index in [-0.39, 0.29) is 30.7 Å². The lowest BCUT2D eigenvalue weighted by molar-refractivity contribution is -0.0138. The lowest BCUT2D eigenvalue weighted by Crippen LogP contribution is -2.28. The summed E-state index contributed by atoms with van der Waals surface area (Å²) in [5.41, 5.74) is 1.96. The second-order valence-electron chi connectivity index (χ2n) is 8.50. The van der Waals surface area contributed by atoms with Crippen LogP contribution in [0.25, 0.3) is 0 Å². The van der Waals surface area contributed by atoms with Gasteiger partial charge in [0, 0.05) is 6.42 Å². The summed E-state index contributed by atoms with van der Waals surface area (Å²) in [7, 11) is 0. The number of hydrogen-bond acceptors (Lipinski definition) is 4. The Bertz CT molecular complexity index is 498. The van der Waals surface area contributed by atoms with Gasteiger partial charge in [0.1, 0.15) is 0 Å². The molecule has 1 aliphatic rings. The fourth-order valence-corrected chi connectivity index (χ4v) is 3.75. The highest BCUT2D eigenvalue weighted by atomic mass is 16.5. The topological polar surface area (TPSA) is 69.9 Å². The van der Waals surface area contributed by atoms with Gasteiger partial charge in [0.2, 0.25) is 0 Å². The van der Waals surface area contributed by atoms with Gasteiger partial charge in [-0.3, -0.25) is 0 Å². The predicted molar refractivity (Wildman–Crippen MR) is 107 cm³/mol. The average molecular weight is 367 g/mol. The van der Waals surface area contributed by atoms with Crippen molar-refractivity contribution in [3.8, 4) is 0 Å². The van der Waals surface area contributed by atoms with Crippen molar-refractivity contribution >= 4 is 0 Å². The minimum Gasteiger partial charge on any atom is -0.394 e. The summed E-state index contributed by atoms with van der Waals surface area (Å²) < 4.78 is 6.34. The Kier molecular flexibility index (Phi) is 9.25. The first-order valence-electron chi connectivity index (χ1n) is 9.69. The van der Waals surface area contributed by atoms with Crippen LogP contribution < -0.4 is 0 Å². The quantitative estimate of drug-likeness (QED) is 0.487. The van der Waals surface area contributed by atoms with Gasteiger partial charge in [0.25, 0.3) is 0 Å². The van der Waals surface area contributed by atoms with Gasteiger partial charge in [-0.05, 0) is 51.4 Å². The Labute approximate surface area is 159 Å². The third-order valence-corrected chi connectivity index (χ3v) is 5.21. The molecule has 1 rings (SSSR count). The van der Waals surface area contributed by atoms with E-state index in [9.17, 15) is 10.2 Å². The normalized spacial score (nSPS) is 29.7. The molecule has 1 aliphatic heterocycles. The SMILES string of the molecule is C=C(C)C/C=C/[C@H]1O[C@@](C)(CC(=C)[C@@H](C)C[C@@H](O)C[C@@H](O)CO)C[C@H]1C. The minimum absolute atomic E-state index is 0.118. The molecule has 0 aliphatic carbocycles. The van der Waals surface area contributed by atoms with Crippen molar-refractivity contribution in [1.82, 2.24) is 0 Å². The molecule has 1 heterocycles. The lowest BCUT2D eigenvalue weighted by Gasteiger charge is -2.28. The van der Waals surface area contributed by atoms with Gasteiger partial charge in [-0.1, -0.05) is 50.3 Å². The fourth-order valence-electron chi connectivity index (χ4n) is 3.75. The number of ether oxygens (including phenoxy) is 1. The molecule has 0 amide bonds. The number of hydrogen-bond donors (Lipinski definition) is 3. The molecule has 4 heteroatoms. The molecule has 150 valence electrons. The van der Waals surface area contributed by atoms with E-state index in [0.29, 0.717) is 12.3 Å². The Morgan fingerprint density at radius 3 is 2.50 bits per heavy atom. The first kappa shape index (κ1) is 23.1. The molecule has 0 unspecified atom stereocenters. The van der Waals surface area contributed by atoms with E-state index in [0.717, 1.165) is 30.4 Å². The third-order valence-electron chi connectivity index (χ3n) is 5.21. The van der Waals surface area contributed by atoms with Gasteiger partial charge in [-0.25, -0.2) is 0 Å². The first-order valence-corrected chi connectivity index (χ1v) is 9.69. The monoisotopic (exact) mass is 366 g/mol. The zero-order valence-corrected chi connectivity index (χ0v) is 16.9. The highest BCUT2D eigenvalue weighted by Gasteiger charge is 2.40. The summed E-state index contributed by atoms with van der Waals surface area (Å²) in [4.78, 5) is 0. The van der Waals surface area contributed by atoms with Crippen LogP contribution >= 0.6 is 0 Å². The van der Waals surface area contributed by atoms with E-state index in [1.807, 2.05) is 13.8 Å². The zero-order chi connectivity index (χ0) is 19.9. The van der Waals surface area contributed by atoms with Crippen LogP contribution in [0.4, 0.5) is 0 Å². The van der Waals surface area contributed by atoms with Crippen LogP contribution in [-0.4, -0.2) is 45.8 Å². The Balaban J connectivity index is 2.54. The molecular weight excluding hydrogens is 328 g/mol. The molecule has 0 spiro atoms. The minimum atomic E-state index is -0.867. The van der Waals surface area contributed by atoms with Crippen LogP contribution in [0.15, 0.2) is 36.5 Å². The number of rotatable bonds is 11. The van der Waals surface area contributed by atoms with E-state index < -0.39 is 12.2 Å². The first-order chi connectivity index (χ1) is 12.1. The molecule has 0 bridgehead atoms. The summed E-state index contributed by atoms with van der Waals surface area (Å²) in [6.07, 6.45) is 6.24. The van der Waals surface area contributed by atoms with Gasteiger partial charge in [0.15, 0.2) is 0 Å². The van der Waals surface area contributed by atoms with Crippen molar-refractivity contribution in [2.45, 2.75) is 83.7 Å². The smallest absolute Gasteiger partial charge is 0.0795 e. The molecule has 1 fully saturated rings. The highest BCUT2D eigenvalue weighted by molar-refractivity contribution is 5.10. The van der Waals surface area contributed by atoms with Crippen molar-refractivity contribution in [3.05, 3.63) is 36.5 Å². The lowest BCUT2D eigenvalue weighted by atomic mass is 9.83. The third kappa shape index (κ3) is 7.75. The molecule has 26 heavy (non-hydrogen) atoms. The van der Waals surface area contributed by atoms with Gasteiger partial charge in [0.05, 0.1) is 30.5 Å². The summed E-state index contributed by atoms with van der Waals surface area (Å²) in [5.74, 6) is 0.583. The average Bonchev–Trinajstić information content (AvgIpc) is 2.80. The van der Waals surface area contributed by atoms with Crippen molar-refractivity contribution in [2.75, 3.05) is 6.61 Å². The molecular formula is C22H38O4. The Hall–Kier alpha value is -0.940. The van der Waals surface area contributed by atoms with Crippen LogP contribution in [-0.2, 0) is 4.74 Å². The Morgan fingerprint density at radius 1 is 1.27 bits per heavy atom. The number of aliphatic hydroxyl groups excluding tert-OH is 3. The number of allylic oxidation sites excluding steroid dienone is 2. The molecule has 0 aromatic rings. The summed E-state index contributed by atoms with van der Waals surface area (Å²) >= 11 is 0. The van der Waals surface area contributed by atoms with Crippen molar-refractivity contribution in [3.63, 3.8) is 0 Å². The Morgan fingerprint density at radius 2 is 1.92 bits per heavy atom. The van der Waals surface area contributed by atoms with E-state index >= 15 is 0 Å². The van der Waals surface area contributed by atoms with Crippen molar-refractivity contribution < 1.29 is 20.1 Å². The molecule has 0 saturated carbocycles. The van der Waals surface area contributed by atoms with E-state index in [4.69, 9.17) is 9.84 Å². The summed E-state index contributed by atoms with van der Waals surface area (Å²) in [6.45, 7) is 16.2. The second kappa shape index (κ2) is 10.4. The maximum Gasteiger partial charge on any atom is 0.0795 e. The fraction of sp³-hybridized carbons (Fsp3) is 0.727. The largest absolute Gasteiger partial charge is 0.394 e. The van der Waals surface area contributed by atoms with Crippen LogP contribution in [0.1, 0.15) is 59.8 Å². The van der Waals surface area contributed by atoms with Crippen molar-refractivity contribution in [1.29, 1.82) is 0 Å². The highest BCUT2D eigenvalue weighted by Crippen LogP contribution is 2.40. The van der Waals surface area contributed by atoms with Gasteiger partial charge >= 0.3 is 0 Å². The van der Waals surface area contributed by atoms with Gasteiger partial charge in [-0.2, -0.15) is 0 Å². The molecule has 3 N–H and O–H groups in total. The predicted octanol–water partition coefficient (Wildman–Crippen LogP) is 3.77. The number of aliphatic hydroxyl groups is 3. The van der Waals surface area contributed by atoms with Crippen LogP contribution in [0.5, 0.6) is 0 Å². The molecule has 1 saturated heterocycles. The van der Waals surface area contributed by atoms with Gasteiger partial charge in [-0.15, -0.1) is 0 Å². The van der Waals surface area contributed by atoms with Crippen LogP contribution in [0.2, 0.25) is 0 Å². The van der Waals surface area contributed by atoms with Crippen LogP contribution in [0.3, 0.4) is 0 Å². The van der Waals surface area contributed by atoms with Crippen molar-refractivity contribution in [2.24, 2.45) is 11.8 Å². The molecule has 0 aromatic heterocycles. The second-order valence-corrected chi connectivity index (χ2v) is 8.50. The summed E-state index contributed by atoms with van der Waals surface area (Å²) in [6, 6.07) is 0. The molecule has 0 radical (unpaired) electrons. The van der Waals surface area contributed by atoms with E-state index in [2.05, 4.69) is 39.2 Å². The maximum absolute atomic E-state index is 10.1. The van der Waals surface area contributed by atoms with E-state index in [1.165, 1.54) is 0 Å². The molecule has 0 aromatic carbocycles. The van der Waals surface area contributed by atoms with E-state index in [1.54, 1.807) is 0 Å². The molecule has 4 nitrogen and oxygen atoms in total. The van der Waals surface area contributed by atoms with Crippen LogP contribution in [0, 0.1) is 11.8 Å². The maximum atomic E-state index is 10.1. The standard InChI is InChI=1S/C22H38O4/c1-15(2)8-7-9-21-18(5)13-22(6,26-21)12-17(4)16(3)10-19(24)11-20(25)14-23/h7,9,16,18-21,23-25H,1,4,8,10-14H2,2-3,5-6H3/b9-7+/t16-,18+,19+,20+,21+,22-/m0/s1.